The average molecular weight is 372 g/mol. The molecule has 142 valence electrons. The van der Waals surface area contributed by atoms with Gasteiger partial charge in [-0.05, 0) is 60.9 Å². The third-order valence-electron chi connectivity index (χ3n) is 5.04. The van der Waals surface area contributed by atoms with Crippen LogP contribution in [0.4, 0.5) is 11.4 Å². The average Bonchev–Trinajstić information content (AvgIpc) is 2.73. The molecule has 3 aromatic rings. The Morgan fingerprint density at radius 2 is 1.68 bits per heavy atom. The molecule has 0 aromatic heterocycles. The van der Waals surface area contributed by atoms with E-state index in [1.807, 2.05) is 43.3 Å². The highest BCUT2D eigenvalue weighted by molar-refractivity contribution is 5.92. The first-order chi connectivity index (χ1) is 13.7. The Morgan fingerprint density at radius 1 is 0.964 bits per heavy atom. The number of aryl methyl sites for hydroxylation is 1. The summed E-state index contributed by atoms with van der Waals surface area (Å²) in [6.45, 7) is 3.94. The lowest BCUT2D eigenvalue weighted by Crippen LogP contribution is -2.30. The van der Waals surface area contributed by atoms with Gasteiger partial charge in [-0.15, -0.1) is 0 Å². The molecule has 0 saturated carbocycles. The van der Waals surface area contributed by atoms with Gasteiger partial charge >= 0.3 is 0 Å². The number of carbonyl (C=O) groups is 1. The number of nitrogens with zero attached hydrogens (tertiary/aromatic N) is 1. The molecule has 4 nitrogen and oxygen atoms in total. The van der Waals surface area contributed by atoms with E-state index in [0.717, 1.165) is 30.8 Å². The van der Waals surface area contributed by atoms with Crippen LogP contribution in [-0.2, 0) is 17.8 Å². The van der Waals surface area contributed by atoms with Crippen LogP contribution < -0.4 is 15.0 Å². The molecule has 0 radical (unpaired) electrons. The largest absolute Gasteiger partial charge is 0.484 e. The van der Waals surface area contributed by atoms with Gasteiger partial charge in [-0.3, -0.25) is 4.79 Å². The zero-order valence-electron chi connectivity index (χ0n) is 16.0. The fourth-order valence-corrected chi connectivity index (χ4v) is 3.45. The van der Waals surface area contributed by atoms with Crippen molar-refractivity contribution in [2.24, 2.45) is 0 Å². The van der Waals surface area contributed by atoms with Crippen LogP contribution in [0.5, 0.6) is 5.75 Å². The van der Waals surface area contributed by atoms with E-state index in [4.69, 9.17) is 4.74 Å². The monoisotopic (exact) mass is 372 g/mol. The first kappa shape index (κ1) is 18.1. The lowest BCUT2D eigenvalue weighted by Gasteiger charge is -2.30. The van der Waals surface area contributed by atoms with Gasteiger partial charge in [-0.1, -0.05) is 42.0 Å². The molecule has 0 bridgehead atoms. The van der Waals surface area contributed by atoms with Crippen LogP contribution in [-0.4, -0.2) is 19.1 Å². The van der Waals surface area contributed by atoms with Crippen molar-refractivity contribution in [3.05, 3.63) is 89.5 Å². The van der Waals surface area contributed by atoms with E-state index >= 15 is 0 Å². The van der Waals surface area contributed by atoms with Crippen LogP contribution in [0.15, 0.2) is 72.8 Å². The highest BCUT2D eigenvalue weighted by Gasteiger charge is 2.16. The van der Waals surface area contributed by atoms with Gasteiger partial charge in [0.15, 0.2) is 6.61 Å². The number of nitrogens with one attached hydrogen (secondary N) is 1. The van der Waals surface area contributed by atoms with Gasteiger partial charge in [0, 0.05) is 24.5 Å². The molecule has 0 saturated heterocycles. The number of hydrogen-bond acceptors (Lipinski definition) is 3. The van der Waals surface area contributed by atoms with E-state index in [1.165, 1.54) is 16.8 Å². The van der Waals surface area contributed by atoms with E-state index in [2.05, 4.69) is 46.6 Å². The van der Waals surface area contributed by atoms with Crippen molar-refractivity contribution in [2.75, 3.05) is 23.4 Å². The molecule has 28 heavy (non-hydrogen) atoms. The molecule has 0 spiro atoms. The Labute approximate surface area is 165 Å². The summed E-state index contributed by atoms with van der Waals surface area (Å²) in [4.78, 5) is 14.5. The van der Waals surface area contributed by atoms with Crippen LogP contribution in [0.25, 0.3) is 0 Å². The van der Waals surface area contributed by atoms with Crippen molar-refractivity contribution in [1.82, 2.24) is 0 Å². The van der Waals surface area contributed by atoms with Crippen molar-refractivity contribution < 1.29 is 9.53 Å². The highest BCUT2D eigenvalue weighted by Crippen LogP contribution is 2.25. The van der Waals surface area contributed by atoms with Crippen LogP contribution in [0.1, 0.15) is 16.7 Å². The molecule has 1 amide bonds. The van der Waals surface area contributed by atoms with Gasteiger partial charge < -0.3 is 15.0 Å². The summed E-state index contributed by atoms with van der Waals surface area (Å²) in [5.74, 6) is 0.529. The number of amides is 1. The van der Waals surface area contributed by atoms with Crippen molar-refractivity contribution >= 4 is 17.3 Å². The lowest BCUT2D eigenvalue weighted by molar-refractivity contribution is -0.118. The first-order valence-electron chi connectivity index (χ1n) is 9.58. The third kappa shape index (κ3) is 4.34. The van der Waals surface area contributed by atoms with Crippen LogP contribution >= 0.6 is 0 Å². The fourth-order valence-electron chi connectivity index (χ4n) is 3.45. The first-order valence-corrected chi connectivity index (χ1v) is 9.58. The molecule has 0 unspecified atom stereocenters. The summed E-state index contributed by atoms with van der Waals surface area (Å²) < 4.78 is 5.53. The predicted octanol–water partition coefficient (Wildman–Crippen LogP) is 4.58. The normalized spacial score (nSPS) is 13.0. The molecule has 0 aliphatic carbocycles. The minimum absolute atomic E-state index is 0.00623. The van der Waals surface area contributed by atoms with Gasteiger partial charge in [0.25, 0.3) is 5.91 Å². The molecular formula is C24H24N2O2. The number of fused-ring (bicyclic) bond motifs is 1. The Kier molecular flexibility index (Phi) is 5.29. The van der Waals surface area contributed by atoms with Crippen molar-refractivity contribution in [3.63, 3.8) is 0 Å². The molecular weight excluding hydrogens is 348 g/mol. The van der Waals surface area contributed by atoms with E-state index < -0.39 is 0 Å². The number of carbonyl (C=O) groups excluding carboxylic acids is 1. The second kappa shape index (κ2) is 8.17. The standard InChI is InChI=1S/C24H24N2O2/c1-18-6-12-23(13-7-18)28-17-24(27)25-21-8-10-22(11-9-21)26-15-14-19-4-2-3-5-20(19)16-26/h2-13H,14-17H2,1H3,(H,25,27). The van der Waals surface area contributed by atoms with E-state index in [-0.39, 0.29) is 12.5 Å². The maximum atomic E-state index is 12.1. The van der Waals surface area contributed by atoms with Gasteiger partial charge in [0.1, 0.15) is 5.75 Å². The summed E-state index contributed by atoms with van der Waals surface area (Å²) in [6.07, 6.45) is 1.06. The summed E-state index contributed by atoms with van der Waals surface area (Å²) in [7, 11) is 0. The van der Waals surface area contributed by atoms with Crippen LogP contribution in [0, 0.1) is 6.92 Å². The zero-order valence-corrected chi connectivity index (χ0v) is 16.0. The van der Waals surface area contributed by atoms with Crippen molar-refractivity contribution in [3.8, 4) is 5.75 Å². The Hall–Kier alpha value is -3.27. The second-order valence-corrected chi connectivity index (χ2v) is 7.14. The molecule has 0 atom stereocenters. The highest BCUT2D eigenvalue weighted by atomic mass is 16.5. The van der Waals surface area contributed by atoms with Gasteiger partial charge in [-0.25, -0.2) is 0 Å². The SMILES string of the molecule is Cc1ccc(OCC(=O)Nc2ccc(N3CCc4ccccc4C3)cc2)cc1. The number of rotatable bonds is 5. The van der Waals surface area contributed by atoms with Gasteiger partial charge in [-0.2, -0.15) is 0 Å². The number of benzene rings is 3. The van der Waals surface area contributed by atoms with Gasteiger partial charge in [0.2, 0.25) is 0 Å². The molecule has 1 heterocycles. The molecule has 1 aliphatic rings. The zero-order chi connectivity index (χ0) is 19.3. The Bertz CT molecular complexity index is 949. The van der Waals surface area contributed by atoms with Crippen molar-refractivity contribution in [2.45, 2.75) is 19.9 Å². The van der Waals surface area contributed by atoms with E-state index in [0.29, 0.717) is 5.75 Å². The van der Waals surface area contributed by atoms with E-state index in [9.17, 15) is 4.79 Å². The maximum Gasteiger partial charge on any atom is 0.262 e. The molecule has 4 heteroatoms. The lowest BCUT2D eigenvalue weighted by atomic mass is 9.99. The van der Waals surface area contributed by atoms with E-state index in [1.54, 1.807) is 0 Å². The number of anilines is 2. The van der Waals surface area contributed by atoms with Crippen LogP contribution in [0.2, 0.25) is 0 Å². The topological polar surface area (TPSA) is 41.6 Å². The molecule has 1 aliphatic heterocycles. The molecule has 1 N–H and O–H groups in total. The quantitative estimate of drug-likeness (QED) is 0.713. The summed E-state index contributed by atoms with van der Waals surface area (Å²) >= 11 is 0. The second-order valence-electron chi connectivity index (χ2n) is 7.14. The number of ether oxygens (including phenoxy) is 1. The summed E-state index contributed by atoms with van der Waals surface area (Å²) in [6, 6.07) is 24.3. The summed E-state index contributed by atoms with van der Waals surface area (Å²) in [5, 5.41) is 2.89. The Balaban J connectivity index is 1.32. The minimum Gasteiger partial charge on any atom is -0.484 e. The fraction of sp³-hybridized carbons (Fsp3) is 0.208. The van der Waals surface area contributed by atoms with Gasteiger partial charge in [0.05, 0.1) is 0 Å². The molecule has 3 aromatic carbocycles. The minimum atomic E-state index is -0.166. The maximum absolute atomic E-state index is 12.1. The summed E-state index contributed by atoms with van der Waals surface area (Å²) in [5.41, 5.74) is 5.94. The molecule has 0 fully saturated rings. The predicted molar refractivity (Wildman–Crippen MR) is 113 cm³/mol. The third-order valence-corrected chi connectivity index (χ3v) is 5.04. The Morgan fingerprint density at radius 3 is 2.43 bits per heavy atom. The molecule has 4 rings (SSSR count). The number of hydrogen-bond donors (Lipinski definition) is 1. The van der Waals surface area contributed by atoms with Crippen molar-refractivity contribution in [1.29, 1.82) is 0 Å². The smallest absolute Gasteiger partial charge is 0.262 e. The van der Waals surface area contributed by atoms with Crippen LogP contribution in [0.3, 0.4) is 0 Å².